The molecular formula is C13H24N2O2. The number of rotatable bonds is 8. The van der Waals surface area contributed by atoms with Crippen molar-refractivity contribution in [1.82, 2.24) is 4.90 Å². The van der Waals surface area contributed by atoms with Gasteiger partial charge in [0.05, 0.1) is 12.3 Å². The summed E-state index contributed by atoms with van der Waals surface area (Å²) in [6.45, 7) is 3.83. The van der Waals surface area contributed by atoms with Crippen molar-refractivity contribution >= 4 is 0 Å². The second-order valence-electron chi connectivity index (χ2n) is 4.36. The van der Waals surface area contributed by atoms with Gasteiger partial charge >= 0.3 is 0 Å². The van der Waals surface area contributed by atoms with Crippen molar-refractivity contribution in [1.29, 1.82) is 0 Å². The van der Waals surface area contributed by atoms with Gasteiger partial charge in [-0.05, 0) is 32.0 Å². The fourth-order valence-electron chi connectivity index (χ4n) is 2.04. The van der Waals surface area contributed by atoms with Crippen LogP contribution in [-0.2, 0) is 4.74 Å². The van der Waals surface area contributed by atoms with Gasteiger partial charge in [-0.2, -0.15) is 0 Å². The summed E-state index contributed by atoms with van der Waals surface area (Å²) in [5, 5.41) is 0. The molecule has 17 heavy (non-hydrogen) atoms. The zero-order valence-corrected chi connectivity index (χ0v) is 11.1. The van der Waals surface area contributed by atoms with Gasteiger partial charge in [-0.3, -0.25) is 4.90 Å². The Morgan fingerprint density at radius 1 is 1.53 bits per heavy atom. The lowest BCUT2D eigenvalue weighted by molar-refractivity contribution is 0.145. The Morgan fingerprint density at radius 2 is 2.29 bits per heavy atom. The molecule has 0 saturated carbocycles. The fourth-order valence-corrected chi connectivity index (χ4v) is 2.04. The van der Waals surface area contributed by atoms with E-state index in [-0.39, 0.29) is 12.1 Å². The number of furan rings is 1. The highest BCUT2D eigenvalue weighted by molar-refractivity contribution is 5.07. The molecule has 0 aliphatic rings. The molecule has 2 unspecified atom stereocenters. The maximum Gasteiger partial charge on any atom is 0.122 e. The SMILES string of the molecule is CCC(N)C(c1ccco1)N(C)CCCOC. The molecule has 4 nitrogen and oxygen atoms in total. The van der Waals surface area contributed by atoms with Gasteiger partial charge in [-0.15, -0.1) is 0 Å². The summed E-state index contributed by atoms with van der Waals surface area (Å²) in [7, 11) is 3.81. The van der Waals surface area contributed by atoms with Crippen LogP contribution in [0.2, 0.25) is 0 Å². The van der Waals surface area contributed by atoms with Crippen LogP contribution < -0.4 is 5.73 Å². The predicted molar refractivity (Wildman–Crippen MR) is 68.8 cm³/mol. The van der Waals surface area contributed by atoms with E-state index in [0.717, 1.165) is 31.8 Å². The van der Waals surface area contributed by atoms with E-state index in [1.165, 1.54) is 0 Å². The van der Waals surface area contributed by atoms with Gasteiger partial charge in [0.15, 0.2) is 0 Å². The van der Waals surface area contributed by atoms with E-state index in [9.17, 15) is 0 Å². The third kappa shape index (κ3) is 4.15. The predicted octanol–water partition coefficient (Wildman–Crippen LogP) is 2.03. The van der Waals surface area contributed by atoms with Crippen molar-refractivity contribution in [2.75, 3.05) is 27.3 Å². The number of nitrogens with zero attached hydrogens (tertiary/aromatic N) is 1. The van der Waals surface area contributed by atoms with Gasteiger partial charge < -0.3 is 14.9 Å². The summed E-state index contributed by atoms with van der Waals surface area (Å²) in [6, 6.07) is 4.14. The van der Waals surface area contributed by atoms with Crippen LogP contribution in [0.5, 0.6) is 0 Å². The number of hydrogen-bond donors (Lipinski definition) is 1. The molecule has 0 aliphatic heterocycles. The van der Waals surface area contributed by atoms with E-state index in [4.69, 9.17) is 14.9 Å². The summed E-state index contributed by atoms with van der Waals surface area (Å²) < 4.78 is 10.6. The van der Waals surface area contributed by atoms with Gasteiger partial charge in [-0.25, -0.2) is 0 Å². The van der Waals surface area contributed by atoms with Gasteiger partial charge in [0, 0.05) is 26.3 Å². The summed E-state index contributed by atoms with van der Waals surface area (Å²) in [5.74, 6) is 0.944. The van der Waals surface area contributed by atoms with Crippen LogP contribution >= 0.6 is 0 Å². The first kappa shape index (κ1) is 14.2. The summed E-state index contributed by atoms with van der Waals surface area (Å²) in [5.41, 5.74) is 6.18. The first-order valence-corrected chi connectivity index (χ1v) is 6.18. The van der Waals surface area contributed by atoms with Crippen LogP contribution in [-0.4, -0.2) is 38.3 Å². The van der Waals surface area contributed by atoms with Crippen LogP contribution in [0.25, 0.3) is 0 Å². The summed E-state index contributed by atoms with van der Waals surface area (Å²) in [4.78, 5) is 2.24. The molecule has 1 aromatic heterocycles. The van der Waals surface area contributed by atoms with Crippen LogP contribution in [0.15, 0.2) is 22.8 Å². The molecule has 0 spiro atoms. The zero-order chi connectivity index (χ0) is 12.7. The Kier molecular flexibility index (Phi) is 6.26. The Bertz CT molecular complexity index is 288. The van der Waals surface area contributed by atoms with E-state index in [0.29, 0.717) is 0 Å². The second kappa shape index (κ2) is 7.48. The minimum Gasteiger partial charge on any atom is -0.468 e. The van der Waals surface area contributed by atoms with E-state index in [1.54, 1.807) is 13.4 Å². The number of likely N-dealkylation sites (N-methyl/N-ethyl adjacent to an activating group) is 1. The van der Waals surface area contributed by atoms with Crippen LogP contribution in [0.4, 0.5) is 0 Å². The van der Waals surface area contributed by atoms with Crippen molar-refractivity contribution in [3.8, 4) is 0 Å². The monoisotopic (exact) mass is 240 g/mol. The highest BCUT2D eigenvalue weighted by Gasteiger charge is 2.24. The molecule has 1 aromatic rings. The maximum absolute atomic E-state index is 6.18. The molecule has 0 aliphatic carbocycles. The molecule has 0 amide bonds. The Morgan fingerprint density at radius 3 is 2.82 bits per heavy atom. The van der Waals surface area contributed by atoms with E-state index < -0.39 is 0 Å². The Labute approximate surface area is 104 Å². The minimum atomic E-state index is 0.0914. The van der Waals surface area contributed by atoms with Crippen molar-refractivity contribution in [2.45, 2.75) is 31.8 Å². The molecule has 2 atom stereocenters. The molecule has 1 rings (SSSR count). The van der Waals surface area contributed by atoms with Gasteiger partial charge in [0.25, 0.3) is 0 Å². The molecule has 4 heteroatoms. The smallest absolute Gasteiger partial charge is 0.122 e. The molecular weight excluding hydrogens is 216 g/mol. The van der Waals surface area contributed by atoms with Crippen molar-refractivity contribution in [2.24, 2.45) is 5.73 Å². The first-order valence-electron chi connectivity index (χ1n) is 6.18. The average Bonchev–Trinajstić information content (AvgIpc) is 2.83. The van der Waals surface area contributed by atoms with Crippen molar-refractivity contribution < 1.29 is 9.15 Å². The first-order chi connectivity index (χ1) is 8.20. The summed E-state index contributed by atoms with van der Waals surface area (Å²) >= 11 is 0. The van der Waals surface area contributed by atoms with E-state index in [2.05, 4.69) is 18.9 Å². The molecule has 2 N–H and O–H groups in total. The molecule has 0 saturated heterocycles. The lowest BCUT2D eigenvalue weighted by Gasteiger charge is -2.30. The fraction of sp³-hybridized carbons (Fsp3) is 0.692. The molecule has 0 fully saturated rings. The highest BCUT2D eigenvalue weighted by atomic mass is 16.5. The second-order valence-corrected chi connectivity index (χ2v) is 4.36. The van der Waals surface area contributed by atoms with Gasteiger partial charge in [0.1, 0.15) is 5.76 Å². The number of methoxy groups -OCH3 is 1. The topological polar surface area (TPSA) is 51.6 Å². The molecule has 0 aromatic carbocycles. The van der Waals surface area contributed by atoms with Crippen LogP contribution in [0.1, 0.15) is 31.6 Å². The molecule has 98 valence electrons. The number of hydrogen-bond acceptors (Lipinski definition) is 4. The zero-order valence-electron chi connectivity index (χ0n) is 11.1. The quantitative estimate of drug-likeness (QED) is 0.706. The highest BCUT2D eigenvalue weighted by Crippen LogP contribution is 2.24. The number of ether oxygens (including phenoxy) is 1. The standard InChI is InChI=1S/C13H24N2O2/c1-4-11(14)13(12-7-5-10-17-12)15(2)8-6-9-16-3/h5,7,10-11,13H,4,6,8-9,14H2,1-3H3. The maximum atomic E-state index is 6.18. The lowest BCUT2D eigenvalue weighted by atomic mass is 10.0. The van der Waals surface area contributed by atoms with Crippen LogP contribution in [0.3, 0.4) is 0 Å². The Hall–Kier alpha value is -0.840. The molecule has 0 bridgehead atoms. The van der Waals surface area contributed by atoms with Crippen LogP contribution in [0, 0.1) is 0 Å². The van der Waals surface area contributed by atoms with E-state index >= 15 is 0 Å². The van der Waals surface area contributed by atoms with E-state index in [1.807, 2.05) is 12.1 Å². The van der Waals surface area contributed by atoms with Crippen molar-refractivity contribution in [3.63, 3.8) is 0 Å². The minimum absolute atomic E-state index is 0.0914. The molecule has 1 heterocycles. The molecule has 0 radical (unpaired) electrons. The largest absolute Gasteiger partial charge is 0.468 e. The Balaban J connectivity index is 2.63. The lowest BCUT2D eigenvalue weighted by Crippen LogP contribution is -2.39. The summed E-state index contributed by atoms with van der Waals surface area (Å²) in [6.07, 6.45) is 3.63. The average molecular weight is 240 g/mol. The van der Waals surface area contributed by atoms with Gasteiger partial charge in [-0.1, -0.05) is 6.92 Å². The third-order valence-corrected chi connectivity index (χ3v) is 3.05. The number of nitrogens with two attached hydrogens (primary N) is 1. The van der Waals surface area contributed by atoms with Gasteiger partial charge in [0.2, 0.25) is 0 Å². The van der Waals surface area contributed by atoms with Crippen molar-refractivity contribution in [3.05, 3.63) is 24.2 Å². The normalized spacial score (nSPS) is 15.1. The third-order valence-electron chi connectivity index (χ3n) is 3.05.